The quantitative estimate of drug-likeness (QED) is 0.169. The van der Waals surface area contributed by atoms with Gasteiger partial charge in [0, 0.05) is 56.9 Å². The SMILES string of the molecule is C1=Cc2c(oc3c4c(ccc23)-c2c(N(c3ccccc3)c3ccccc3)cc(N(c3ccccc3)c3ccccc3)cc2C42c3ccccc3-c3ccccc32)CC1. The van der Waals surface area contributed by atoms with E-state index in [9.17, 15) is 0 Å². The van der Waals surface area contributed by atoms with Gasteiger partial charge in [0.05, 0.1) is 11.1 Å². The van der Waals surface area contributed by atoms with Crippen LogP contribution in [0.2, 0.25) is 0 Å². The first kappa shape index (κ1) is 32.8. The number of fused-ring (bicyclic) bond motifs is 14. The number of allylic oxidation sites excluding steroid dienone is 1. The predicted octanol–water partition coefficient (Wildman–Crippen LogP) is 14.7. The Morgan fingerprint density at radius 2 is 0.966 bits per heavy atom. The van der Waals surface area contributed by atoms with E-state index in [-0.39, 0.29) is 0 Å². The van der Waals surface area contributed by atoms with E-state index in [4.69, 9.17) is 4.42 Å². The number of anilines is 6. The van der Waals surface area contributed by atoms with E-state index >= 15 is 0 Å². The number of hydrogen-bond acceptors (Lipinski definition) is 3. The molecule has 0 bridgehead atoms. The molecule has 0 saturated carbocycles. The maximum Gasteiger partial charge on any atom is 0.140 e. The van der Waals surface area contributed by atoms with E-state index < -0.39 is 5.41 Å². The van der Waals surface area contributed by atoms with Crippen molar-refractivity contribution in [1.82, 2.24) is 0 Å². The molecule has 0 atom stereocenters. The van der Waals surface area contributed by atoms with Crippen molar-refractivity contribution in [2.45, 2.75) is 18.3 Å². The molecule has 3 nitrogen and oxygen atoms in total. The number of furan rings is 1. The Hall–Kier alpha value is -7.36. The molecule has 3 heteroatoms. The summed E-state index contributed by atoms with van der Waals surface area (Å²) in [5.74, 6) is 1.08. The Kier molecular flexibility index (Phi) is 7.27. The highest BCUT2D eigenvalue weighted by atomic mass is 16.3. The van der Waals surface area contributed by atoms with E-state index in [1.165, 1.54) is 55.5 Å². The first-order chi connectivity index (χ1) is 28.8. The number of hydrogen-bond donors (Lipinski definition) is 0. The minimum Gasteiger partial charge on any atom is -0.460 e. The summed E-state index contributed by atoms with van der Waals surface area (Å²) in [6, 6.07) is 70.9. The van der Waals surface area contributed by atoms with E-state index in [1.54, 1.807) is 0 Å². The summed E-state index contributed by atoms with van der Waals surface area (Å²) >= 11 is 0. The maximum atomic E-state index is 7.19. The smallest absolute Gasteiger partial charge is 0.140 e. The third kappa shape index (κ3) is 4.62. The van der Waals surface area contributed by atoms with E-state index in [1.807, 2.05) is 0 Å². The van der Waals surface area contributed by atoms with Crippen LogP contribution < -0.4 is 9.80 Å². The van der Waals surface area contributed by atoms with Gasteiger partial charge in [0.25, 0.3) is 0 Å². The Morgan fingerprint density at radius 1 is 0.448 bits per heavy atom. The summed E-state index contributed by atoms with van der Waals surface area (Å²) < 4.78 is 7.19. The Morgan fingerprint density at radius 3 is 1.53 bits per heavy atom. The number of aryl methyl sites for hydroxylation is 1. The summed E-state index contributed by atoms with van der Waals surface area (Å²) in [7, 11) is 0. The zero-order valence-electron chi connectivity index (χ0n) is 31.8. The molecule has 0 aliphatic heterocycles. The van der Waals surface area contributed by atoms with Gasteiger partial charge < -0.3 is 14.2 Å². The molecular weight excluding hydrogens is 705 g/mol. The summed E-state index contributed by atoms with van der Waals surface area (Å²) in [4.78, 5) is 4.86. The third-order valence-corrected chi connectivity index (χ3v) is 12.5. The molecule has 274 valence electrons. The molecule has 0 unspecified atom stereocenters. The normalized spacial score (nSPS) is 13.8. The van der Waals surface area contributed by atoms with Gasteiger partial charge >= 0.3 is 0 Å². The van der Waals surface area contributed by atoms with Crippen LogP contribution in [-0.2, 0) is 11.8 Å². The molecule has 0 radical (unpaired) electrons. The maximum absolute atomic E-state index is 7.19. The summed E-state index contributed by atoms with van der Waals surface area (Å²) in [5.41, 5.74) is 18.1. The van der Waals surface area contributed by atoms with Crippen LogP contribution in [0.5, 0.6) is 0 Å². The molecule has 1 aromatic heterocycles. The largest absolute Gasteiger partial charge is 0.460 e. The summed E-state index contributed by atoms with van der Waals surface area (Å²) in [6.07, 6.45) is 6.45. The van der Waals surface area contributed by atoms with Gasteiger partial charge in [-0.15, -0.1) is 0 Å². The van der Waals surface area contributed by atoms with E-state index in [0.29, 0.717) is 0 Å². The molecule has 0 N–H and O–H groups in total. The second kappa shape index (κ2) is 12.8. The lowest BCUT2D eigenvalue weighted by atomic mass is 9.70. The predicted molar refractivity (Wildman–Crippen MR) is 239 cm³/mol. The average molecular weight is 743 g/mol. The van der Waals surface area contributed by atoms with E-state index in [0.717, 1.165) is 58.3 Å². The van der Waals surface area contributed by atoms with Gasteiger partial charge in [0.1, 0.15) is 11.3 Å². The molecule has 1 heterocycles. The fraction of sp³-hybridized carbons (Fsp3) is 0.0545. The van der Waals surface area contributed by atoms with Crippen LogP contribution in [0, 0.1) is 0 Å². The van der Waals surface area contributed by atoms with Crippen molar-refractivity contribution in [2.75, 3.05) is 9.80 Å². The molecule has 12 rings (SSSR count). The summed E-state index contributed by atoms with van der Waals surface area (Å²) in [6.45, 7) is 0. The number of benzene rings is 8. The molecular formula is C55H38N2O. The number of rotatable bonds is 6. The van der Waals surface area contributed by atoms with Crippen LogP contribution in [0.1, 0.15) is 40.0 Å². The Labute approximate surface area is 338 Å². The standard InChI is InChI=1S/C55H38N2O/c1-5-19-37(20-6-1)56(38-21-7-2-8-22-38)41-35-49-52(50(36-41)57(39-23-9-3-10-24-39)40-25-11-4-12-26-40)46-34-33-45-44-29-15-18-32-51(44)58-54(45)53(46)55(49)47-30-16-13-27-42(47)43-28-14-17-31-48(43)55/h1-17,19-31,33-36H,18,32H2. The molecule has 8 aromatic carbocycles. The molecule has 58 heavy (non-hydrogen) atoms. The molecule has 0 amide bonds. The van der Waals surface area contributed by atoms with Gasteiger partial charge in [-0.05, 0) is 107 Å². The van der Waals surface area contributed by atoms with E-state index in [2.05, 4.69) is 216 Å². The van der Waals surface area contributed by atoms with Gasteiger partial charge in [-0.2, -0.15) is 0 Å². The molecule has 9 aromatic rings. The zero-order valence-corrected chi connectivity index (χ0v) is 31.8. The fourth-order valence-electron chi connectivity index (χ4n) is 10.2. The highest BCUT2D eigenvalue weighted by molar-refractivity contribution is 6.08. The topological polar surface area (TPSA) is 19.6 Å². The van der Waals surface area contributed by atoms with Gasteiger partial charge in [0.15, 0.2) is 0 Å². The lowest BCUT2D eigenvalue weighted by Gasteiger charge is -2.34. The van der Waals surface area contributed by atoms with Gasteiger partial charge in [0.2, 0.25) is 0 Å². The van der Waals surface area contributed by atoms with Gasteiger partial charge in [-0.3, -0.25) is 0 Å². The van der Waals surface area contributed by atoms with Crippen molar-refractivity contribution in [2.24, 2.45) is 0 Å². The van der Waals surface area contributed by atoms with Crippen LogP contribution in [0.3, 0.4) is 0 Å². The second-order valence-corrected chi connectivity index (χ2v) is 15.5. The fourth-order valence-corrected chi connectivity index (χ4v) is 10.2. The van der Waals surface area contributed by atoms with Gasteiger partial charge in [-0.1, -0.05) is 140 Å². The lowest BCUT2D eigenvalue weighted by Crippen LogP contribution is -2.27. The zero-order chi connectivity index (χ0) is 38.2. The Balaban J connectivity index is 1.29. The molecule has 3 aliphatic rings. The van der Waals surface area contributed by atoms with Crippen molar-refractivity contribution in [3.05, 3.63) is 234 Å². The highest BCUT2D eigenvalue weighted by Gasteiger charge is 2.54. The summed E-state index contributed by atoms with van der Waals surface area (Å²) in [5, 5.41) is 1.18. The monoisotopic (exact) mass is 742 g/mol. The van der Waals surface area contributed by atoms with Crippen molar-refractivity contribution in [1.29, 1.82) is 0 Å². The number of para-hydroxylation sites is 4. The second-order valence-electron chi connectivity index (χ2n) is 15.5. The average Bonchev–Trinajstić information content (AvgIpc) is 3.92. The lowest BCUT2D eigenvalue weighted by molar-refractivity contribution is 0.540. The van der Waals surface area contributed by atoms with Crippen LogP contribution in [0.25, 0.3) is 39.3 Å². The van der Waals surface area contributed by atoms with Crippen LogP contribution in [-0.4, -0.2) is 0 Å². The molecule has 0 fully saturated rings. The van der Waals surface area contributed by atoms with Crippen LogP contribution in [0.15, 0.2) is 205 Å². The first-order valence-electron chi connectivity index (χ1n) is 20.2. The molecule has 3 aliphatic carbocycles. The minimum atomic E-state index is -0.662. The van der Waals surface area contributed by atoms with Crippen LogP contribution in [0.4, 0.5) is 34.1 Å². The Bertz CT molecular complexity index is 2930. The van der Waals surface area contributed by atoms with Crippen molar-refractivity contribution in [3.8, 4) is 22.3 Å². The third-order valence-electron chi connectivity index (χ3n) is 12.5. The highest BCUT2D eigenvalue weighted by Crippen LogP contribution is 2.67. The van der Waals surface area contributed by atoms with Gasteiger partial charge in [-0.25, -0.2) is 0 Å². The minimum absolute atomic E-state index is 0.662. The van der Waals surface area contributed by atoms with Crippen LogP contribution >= 0.6 is 0 Å². The van der Waals surface area contributed by atoms with Crippen molar-refractivity contribution < 1.29 is 4.42 Å². The first-order valence-corrected chi connectivity index (χ1v) is 20.2. The molecule has 1 spiro atoms. The van der Waals surface area contributed by atoms with Crippen molar-refractivity contribution >= 4 is 51.2 Å². The van der Waals surface area contributed by atoms with Crippen molar-refractivity contribution in [3.63, 3.8) is 0 Å². The molecule has 0 saturated heterocycles. The number of nitrogens with zero attached hydrogens (tertiary/aromatic N) is 2.